The molecular formula is C18H20F3NO. The van der Waals surface area contributed by atoms with Crippen molar-refractivity contribution in [3.8, 4) is 5.75 Å². The summed E-state index contributed by atoms with van der Waals surface area (Å²) in [4.78, 5) is 0. The van der Waals surface area contributed by atoms with E-state index in [0.29, 0.717) is 17.9 Å². The van der Waals surface area contributed by atoms with Crippen molar-refractivity contribution in [1.82, 2.24) is 0 Å². The van der Waals surface area contributed by atoms with Crippen LogP contribution < -0.4 is 10.5 Å². The van der Waals surface area contributed by atoms with Crippen molar-refractivity contribution in [2.45, 2.75) is 39.1 Å². The van der Waals surface area contributed by atoms with E-state index in [9.17, 15) is 13.2 Å². The number of hydrogen-bond donors (Lipinski definition) is 1. The molecule has 2 aromatic rings. The van der Waals surface area contributed by atoms with Crippen LogP contribution in [0.4, 0.5) is 13.2 Å². The molecule has 0 unspecified atom stereocenters. The highest BCUT2D eigenvalue weighted by Gasteiger charge is 2.31. The Labute approximate surface area is 134 Å². The Bertz CT molecular complexity index is 630. The molecule has 0 amide bonds. The van der Waals surface area contributed by atoms with Crippen LogP contribution in [-0.2, 0) is 6.61 Å². The monoisotopic (exact) mass is 323 g/mol. The van der Waals surface area contributed by atoms with Crippen LogP contribution in [0.2, 0.25) is 0 Å². The summed E-state index contributed by atoms with van der Waals surface area (Å²) in [6.45, 7) is 4.05. The van der Waals surface area contributed by atoms with Crippen LogP contribution in [0.5, 0.6) is 5.75 Å². The van der Waals surface area contributed by atoms with Gasteiger partial charge in [0.1, 0.15) is 12.4 Å². The van der Waals surface area contributed by atoms with Gasteiger partial charge in [-0.3, -0.25) is 0 Å². The quantitative estimate of drug-likeness (QED) is 0.855. The van der Waals surface area contributed by atoms with Crippen LogP contribution in [0.1, 0.15) is 34.7 Å². The first-order valence-corrected chi connectivity index (χ1v) is 7.36. The Hall–Kier alpha value is -2.01. The van der Waals surface area contributed by atoms with Crippen LogP contribution in [0.3, 0.4) is 0 Å². The molecule has 5 heteroatoms. The lowest BCUT2D eigenvalue weighted by atomic mass is 9.98. The average Bonchev–Trinajstić information content (AvgIpc) is 2.45. The number of ether oxygens (including phenoxy) is 1. The predicted molar refractivity (Wildman–Crippen MR) is 84.3 cm³/mol. The molecule has 2 nitrogen and oxygen atoms in total. The first-order valence-electron chi connectivity index (χ1n) is 7.36. The SMILES string of the molecule is Cc1cc([C@H](N)CC(F)(F)F)cc(C)c1OCc1ccccc1. The zero-order valence-corrected chi connectivity index (χ0v) is 13.2. The zero-order valence-electron chi connectivity index (χ0n) is 13.2. The number of rotatable bonds is 5. The van der Waals surface area contributed by atoms with Crippen LogP contribution in [0, 0.1) is 13.8 Å². The molecule has 2 aromatic carbocycles. The predicted octanol–water partition coefficient (Wildman–Crippen LogP) is 4.83. The first-order chi connectivity index (χ1) is 10.8. The number of hydrogen-bond acceptors (Lipinski definition) is 2. The number of alkyl halides is 3. The molecule has 0 fully saturated rings. The third kappa shape index (κ3) is 4.99. The summed E-state index contributed by atoms with van der Waals surface area (Å²) in [6, 6.07) is 12.0. The van der Waals surface area contributed by atoms with Gasteiger partial charge in [0.25, 0.3) is 0 Å². The minimum Gasteiger partial charge on any atom is -0.488 e. The smallest absolute Gasteiger partial charge is 0.390 e. The van der Waals surface area contributed by atoms with Gasteiger partial charge in [0, 0.05) is 6.04 Å². The first kappa shape index (κ1) is 17.3. The van der Waals surface area contributed by atoms with Crippen molar-refractivity contribution in [1.29, 1.82) is 0 Å². The van der Waals surface area contributed by atoms with Crippen LogP contribution in [0.25, 0.3) is 0 Å². The van der Waals surface area contributed by atoms with Gasteiger partial charge in [0.2, 0.25) is 0 Å². The number of halogens is 3. The standard InChI is InChI=1S/C18H20F3NO/c1-12-8-15(16(22)10-18(19,20)21)9-13(2)17(12)23-11-14-6-4-3-5-7-14/h3-9,16H,10-11,22H2,1-2H3/t16-/m1/s1. The molecule has 0 aromatic heterocycles. The fourth-order valence-electron chi connectivity index (χ4n) is 2.52. The molecule has 0 spiro atoms. The Kier molecular flexibility index (Phi) is 5.31. The van der Waals surface area contributed by atoms with E-state index in [2.05, 4.69) is 0 Å². The molecule has 0 aliphatic heterocycles. The molecule has 124 valence electrons. The molecular weight excluding hydrogens is 303 g/mol. The van der Waals surface area contributed by atoms with E-state index in [1.807, 2.05) is 44.2 Å². The Morgan fingerprint density at radius 3 is 2.13 bits per heavy atom. The van der Waals surface area contributed by atoms with Crippen molar-refractivity contribution in [3.05, 3.63) is 64.7 Å². The molecule has 0 aliphatic rings. The van der Waals surface area contributed by atoms with Crippen LogP contribution in [-0.4, -0.2) is 6.18 Å². The van der Waals surface area contributed by atoms with Gasteiger partial charge in [-0.1, -0.05) is 42.5 Å². The van der Waals surface area contributed by atoms with E-state index in [1.165, 1.54) is 0 Å². The molecule has 0 heterocycles. The second-order valence-electron chi connectivity index (χ2n) is 5.68. The van der Waals surface area contributed by atoms with Gasteiger partial charge in [-0.05, 0) is 36.1 Å². The second-order valence-corrected chi connectivity index (χ2v) is 5.68. The van der Waals surface area contributed by atoms with Crippen molar-refractivity contribution in [2.75, 3.05) is 0 Å². The third-order valence-electron chi connectivity index (χ3n) is 3.59. The van der Waals surface area contributed by atoms with Gasteiger partial charge < -0.3 is 10.5 Å². The van der Waals surface area contributed by atoms with E-state index >= 15 is 0 Å². The second kappa shape index (κ2) is 7.04. The number of nitrogens with two attached hydrogens (primary N) is 1. The maximum atomic E-state index is 12.5. The normalized spacial score (nSPS) is 13.0. The van der Waals surface area contributed by atoms with Crippen LogP contribution >= 0.6 is 0 Å². The summed E-state index contributed by atoms with van der Waals surface area (Å²) >= 11 is 0. The van der Waals surface area contributed by atoms with Crippen LogP contribution in [0.15, 0.2) is 42.5 Å². The highest BCUT2D eigenvalue weighted by Crippen LogP contribution is 2.32. The summed E-state index contributed by atoms with van der Waals surface area (Å²) in [7, 11) is 0. The fraction of sp³-hybridized carbons (Fsp3) is 0.333. The maximum Gasteiger partial charge on any atom is 0.390 e. The molecule has 0 radical (unpaired) electrons. The van der Waals surface area contributed by atoms with E-state index in [0.717, 1.165) is 16.7 Å². The number of benzene rings is 2. The largest absolute Gasteiger partial charge is 0.488 e. The van der Waals surface area contributed by atoms with Gasteiger partial charge in [-0.2, -0.15) is 13.2 Å². The molecule has 0 bridgehead atoms. The maximum absolute atomic E-state index is 12.5. The molecule has 1 atom stereocenters. The molecule has 23 heavy (non-hydrogen) atoms. The third-order valence-corrected chi connectivity index (χ3v) is 3.59. The minimum atomic E-state index is -4.27. The summed E-state index contributed by atoms with van der Waals surface area (Å²) in [5, 5.41) is 0. The van der Waals surface area contributed by atoms with Gasteiger partial charge in [0.15, 0.2) is 0 Å². The Balaban J connectivity index is 2.14. The van der Waals surface area contributed by atoms with Crippen molar-refractivity contribution in [3.63, 3.8) is 0 Å². The lowest BCUT2D eigenvalue weighted by Crippen LogP contribution is -2.20. The topological polar surface area (TPSA) is 35.2 Å². The molecule has 2 rings (SSSR count). The lowest BCUT2D eigenvalue weighted by molar-refractivity contribution is -0.138. The Morgan fingerprint density at radius 2 is 1.61 bits per heavy atom. The summed E-state index contributed by atoms with van der Waals surface area (Å²) in [5.41, 5.74) is 8.75. The van der Waals surface area contributed by atoms with Gasteiger partial charge in [0.05, 0.1) is 6.42 Å². The highest BCUT2D eigenvalue weighted by molar-refractivity contribution is 5.44. The molecule has 0 saturated heterocycles. The van der Waals surface area contributed by atoms with Crippen molar-refractivity contribution in [2.24, 2.45) is 5.73 Å². The van der Waals surface area contributed by atoms with Gasteiger partial charge >= 0.3 is 6.18 Å². The van der Waals surface area contributed by atoms with Gasteiger partial charge in [-0.15, -0.1) is 0 Å². The van der Waals surface area contributed by atoms with Crippen molar-refractivity contribution < 1.29 is 17.9 Å². The lowest BCUT2D eigenvalue weighted by Gasteiger charge is -2.18. The minimum absolute atomic E-state index is 0.413. The summed E-state index contributed by atoms with van der Waals surface area (Å²) in [5.74, 6) is 0.691. The van der Waals surface area contributed by atoms with E-state index in [-0.39, 0.29) is 0 Å². The Morgan fingerprint density at radius 1 is 1.04 bits per heavy atom. The van der Waals surface area contributed by atoms with E-state index in [4.69, 9.17) is 10.5 Å². The van der Waals surface area contributed by atoms with Gasteiger partial charge in [-0.25, -0.2) is 0 Å². The zero-order chi connectivity index (χ0) is 17.0. The van der Waals surface area contributed by atoms with E-state index in [1.54, 1.807) is 12.1 Å². The van der Waals surface area contributed by atoms with Crippen molar-refractivity contribution >= 4 is 0 Å². The molecule has 0 aliphatic carbocycles. The molecule has 0 saturated carbocycles. The summed E-state index contributed by atoms with van der Waals surface area (Å²) < 4.78 is 43.3. The van der Waals surface area contributed by atoms with E-state index < -0.39 is 18.6 Å². The molecule has 2 N–H and O–H groups in total. The number of aryl methyl sites for hydroxylation is 2. The highest BCUT2D eigenvalue weighted by atomic mass is 19.4. The average molecular weight is 323 g/mol. The summed E-state index contributed by atoms with van der Waals surface area (Å²) in [6.07, 6.45) is -5.31. The fourth-order valence-corrected chi connectivity index (χ4v) is 2.52.